The van der Waals surface area contributed by atoms with E-state index in [-0.39, 0.29) is 0 Å². The first-order chi connectivity index (χ1) is 10.0. The highest BCUT2D eigenvalue weighted by Crippen LogP contribution is 2.08. The van der Waals surface area contributed by atoms with Crippen molar-refractivity contribution in [1.82, 2.24) is 0 Å². The monoisotopic (exact) mass is 298 g/mol. The molecule has 0 aliphatic carbocycles. The van der Waals surface area contributed by atoms with Crippen LogP contribution in [0.5, 0.6) is 0 Å². The molecular formula is C13H18N2O6. The lowest BCUT2D eigenvalue weighted by Gasteiger charge is -2.21. The summed E-state index contributed by atoms with van der Waals surface area (Å²) in [7, 11) is 1.09. The molecule has 0 heterocycles. The highest BCUT2D eigenvalue weighted by atomic mass is 16.5. The van der Waals surface area contributed by atoms with E-state index in [0.717, 1.165) is 7.11 Å². The molecule has 3 unspecified atom stereocenters. The second-order valence-corrected chi connectivity index (χ2v) is 4.15. The molecule has 0 radical (unpaired) electrons. The third-order valence-electron chi connectivity index (χ3n) is 2.66. The third-order valence-corrected chi connectivity index (χ3v) is 2.66. The van der Waals surface area contributed by atoms with Gasteiger partial charge in [0.15, 0.2) is 5.71 Å². The summed E-state index contributed by atoms with van der Waals surface area (Å²) in [6.07, 6.45) is -5.23. The van der Waals surface area contributed by atoms with Gasteiger partial charge < -0.3 is 25.2 Å². The predicted molar refractivity (Wildman–Crippen MR) is 74.6 cm³/mol. The van der Waals surface area contributed by atoms with Crippen LogP contribution in [0.3, 0.4) is 0 Å². The Labute approximate surface area is 121 Å². The van der Waals surface area contributed by atoms with Crippen molar-refractivity contribution in [3.8, 4) is 0 Å². The van der Waals surface area contributed by atoms with E-state index in [2.05, 4.69) is 15.3 Å². The molecule has 0 fully saturated rings. The zero-order chi connectivity index (χ0) is 15.8. The third kappa shape index (κ3) is 4.80. The summed E-state index contributed by atoms with van der Waals surface area (Å²) in [5.74, 6) is -0.977. The lowest BCUT2D eigenvalue weighted by Crippen LogP contribution is -2.46. The van der Waals surface area contributed by atoms with Crippen molar-refractivity contribution in [3.63, 3.8) is 0 Å². The molecule has 0 spiro atoms. The summed E-state index contributed by atoms with van der Waals surface area (Å²) in [5.41, 5.74) is 2.54. The Morgan fingerprint density at radius 2 is 1.90 bits per heavy atom. The molecule has 3 atom stereocenters. The molecule has 21 heavy (non-hydrogen) atoms. The largest absolute Gasteiger partial charge is 0.464 e. The molecule has 1 aromatic carbocycles. The molecule has 0 saturated carbocycles. The Kier molecular flexibility index (Phi) is 6.76. The van der Waals surface area contributed by atoms with Gasteiger partial charge in [0.2, 0.25) is 0 Å². The van der Waals surface area contributed by atoms with Crippen LogP contribution in [0.15, 0.2) is 35.4 Å². The zero-order valence-electron chi connectivity index (χ0n) is 11.4. The van der Waals surface area contributed by atoms with Gasteiger partial charge in [-0.3, -0.25) is 5.43 Å². The second-order valence-electron chi connectivity index (χ2n) is 4.15. The molecule has 0 aliphatic heterocycles. The maximum absolute atomic E-state index is 11.6. The van der Waals surface area contributed by atoms with Gasteiger partial charge in [0.05, 0.1) is 19.4 Å². The normalized spacial score (nSPS) is 16.0. The summed E-state index contributed by atoms with van der Waals surface area (Å²) >= 11 is 0. The quantitative estimate of drug-likeness (QED) is 0.240. The van der Waals surface area contributed by atoms with Crippen LogP contribution in [-0.2, 0) is 9.53 Å². The van der Waals surface area contributed by atoms with Gasteiger partial charge in [-0.05, 0) is 12.1 Å². The predicted octanol–water partition coefficient (Wildman–Crippen LogP) is -1.30. The number of nitrogens with zero attached hydrogens (tertiary/aromatic N) is 1. The van der Waals surface area contributed by atoms with Gasteiger partial charge in [-0.15, -0.1) is 0 Å². The molecule has 0 saturated heterocycles. The van der Waals surface area contributed by atoms with Crippen LogP contribution >= 0.6 is 0 Å². The van der Waals surface area contributed by atoms with Gasteiger partial charge in [-0.2, -0.15) is 5.10 Å². The standard InChI is InChI=1S/C13H18N2O6/c1-21-13(20)10(12(19)11(18)9(17)7-16)15-14-8-5-3-2-4-6-8/h2-6,9,11-12,14,16-19H,7H2,1H3/b15-10+. The number of nitrogens with one attached hydrogen (secondary N) is 1. The smallest absolute Gasteiger partial charge is 0.357 e. The number of hydrogen-bond donors (Lipinski definition) is 5. The minimum atomic E-state index is -1.82. The molecule has 8 heteroatoms. The van der Waals surface area contributed by atoms with Gasteiger partial charge in [0, 0.05) is 0 Å². The minimum absolute atomic E-state index is 0.527. The summed E-state index contributed by atoms with van der Waals surface area (Å²) in [5, 5.41) is 41.2. The number of hydrazone groups is 1. The fourth-order valence-corrected chi connectivity index (χ4v) is 1.45. The average Bonchev–Trinajstić information content (AvgIpc) is 2.53. The van der Waals surface area contributed by atoms with Crippen molar-refractivity contribution in [1.29, 1.82) is 0 Å². The van der Waals surface area contributed by atoms with Gasteiger partial charge in [0.25, 0.3) is 0 Å². The van der Waals surface area contributed by atoms with Gasteiger partial charge in [-0.1, -0.05) is 18.2 Å². The minimum Gasteiger partial charge on any atom is -0.464 e. The summed E-state index contributed by atoms with van der Waals surface area (Å²) in [6, 6.07) is 8.59. The van der Waals surface area contributed by atoms with Gasteiger partial charge in [-0.25, -0.2) is 4.79 Å². The van der Waals surface area contributed by atoms with E-state index >= 15 is 0 Å². The number of benzene rings is 1. The van der Waals surface area contributed by atoms with Crippen LogP contribution in [-0.4, -0.2) is 64.1 Å². The Morgan fingerprint density at radius 1 is 1.29 bits per heavy atom. The molecule has 5 N–H and O–H groups in total. The van der Waals surface area contributed by atoms with Crippen molar-refractivity contribution >= 4 is 17.4 Å². The van der Waals surface area contributed by atoms with Crippen LogP contribution in [0.1, 0.15) is 0 Å². The number of esters is 1. The topological polar surface area (TPSA) is 132 Å². The fraction of sp³-hybridized carbons (Fsp3) is 0.385. The van der Waals surface area contributed by atoms with Crippen molar-refractivity contribution in [2.75, 3.05) is 19.1 Å². The number of aliphatic hydroxyl groups excluding tert-OH is 4. The van der Waals surface area contributed by atoms with Crippen LogP contribution in [0, 0.1) is 0 Å². The lowest BCUT2D eigenvalue weighted by molar-refractivity contribution is -0.134. The van der Waals surface area contributed by atoms with Crippen molar-refractivity contribution in [3.05, 3.63) is 30.3 Å². The van der Waals surface area contributed by atoms with Gasteiger partial charge >= 0.3 is 5.97 Å². The van der Waals surface area contributed by atoms with Gasteiger partial charge in [0.1, 0.15) is 18.3 Å². The van der Waals surface area contributed by atoms with E-state index < -0.39 is 36.6 Å². The molecule has 116 valence electrons. The van der Waals surface area contributed by atoms with E-state index in [1.54, 1.807) is 30.3 Å². The number of carbonyl (C=O) groups excluding carboxylic acids is 1. The number of para-hydroxylation sites is 1. The number of aliphatic hydroxyl groups is 4. The summed E-state index contributed by atoms with van der Waals surface area (Å²) < 4.78 is 4.46. The first kappa shape index (κ1) is 17.1. The fourth-order valence-electron chi connectivity index (χ4n) is 1.45. The van der Waals surface area contributed by atoms with Crippen LogP contribution < -0.4 is 5.43 Å². The van der Waals surface area contributed by atoms with Crippen LogP contribution in [0.25, 0.3) is 0 Å². The molecule has 8 nitrogen and oxygen atoms in total. The van der Waals surface area contributed by atoms with Crippen LogP contribution in [0.4, 0.5) is 5.69 Å². The Balaban J connectivity index is 2.92. The molecule has 0 aromatic heterocycles. The van der Waals surface area contributed by atoms with E-state index in [9.17, 15) is 20.1 Å². The highest BCUT2D eigenvalue weighted by molar-refractivity contribution is 6.38. The average molecular weight is 298 g/mol. The SMILES string of the molecule is COC(=O)/C(=N/Nc1ccccc1)C(O)C(O)C(O)CO. The van der Waals surface area contributed by atoms with Crippen molar-refractivity contribution in [2.24, 2.45) is 5.10 Å². The Hall–Kier alpha value is -2.00. The number of ether oxygens (including phenoxy) is 1. The van der Waals surface area contributed by atoms with Crippen molar-refractivity contribution < 1.29 is 30.0 Å². The van der Waals surface area contributed by atoms with Crippen LogP contribution in [0.2, 0.25) is 0 Å². The first-order valence-electron chi connectivity index (χ1n) is 6.13. The number of carbonyl (C=O) groups is 1. The number of anilines is 1. The molecule has 1 rings (SSSR count). The Morgan fingerprint density at radius 3 is 2.43 bits per heavy atom. The van der Waals surface area contributed by atoms with E-state index in [4.69, 9.17) is 5.11 Å². The Bertz CT molecular complexity index is 479. The molecule has 0 amide bonds. The number of rotatable bonds is 7. The lowest BCUT2D eigenvalue weighted by atomic mass is 10.0. The number of hydrogen-bond acceptors (Lipinski definition) is 8. The number of methoxy groups -OCH3 is 1. The zero-order valence-corrected chi connectivity index (χ0v) is 11.4. The highest BCUT2D eigenvalue weighted by Gasteiger charge is 2.33. The first-order valence-corrected chi connectivity index (χ1v) is 6.13. The maximum atomic E-state index is 11.6. The second kappa shape index (κ2) is 8.32. The van der Waals surface area contributed by atoms with E-state index in [1.165, 1.54) is 0 Å². The molecule has 0 aliphatic rings. The van der Waals surface area contributed by atoms with Crippen molar-refractivity contribution in [2.45, 2.75) is 18.3 Å². The maximum Gasteiger partial charge on any atom is 0.357 e. The molecular weight excluding hydrogens is 280 g/mol. The van der Waals surface area contributed by atoms with E-state index in [1.807, 2.05) is 0 Å². The molecule has 1 aromatic rings. The molecule has 0 bridgehead atoms. The summed E-state index contributed by atoms with van der Waals surface area (Å²) in [6.45, 7) is -0.779. The summed E-state index contributed by atoms with van der Waals surface area (Å²) in [4.78, 5) is 11.6. The van der Waals surface area contributed by atoms with E-state index in [0.29, 0.717) is 5.69 Å².